The summed E-state index contributed by atoms with van der Waals surface area (Å²) in [5.74, 6) is 1.03. The van der Waals surface area contributed by atoms with Crippen molar-refractivity contribution in [2.45, 2.75) is 77.1 Å². The molecule has 18 heavy (non-hydrogen) atoms. The van der Waals surface area contributed by atoms with Gasteiger partial charge >= 0.3 is 0 Å². The van der Waals surface area contributed by atoms with E-state index >= 15 is 0 Å². The molecule has 0 saturated heterocycles. The second-order valence-corrected chi connectivity index (χ2v) is 5.70. The Balaban J connectivity index is 1.76. The van der Waals surface area contributed by atoms with E-state index in [9.17, 15) is 4.79 Å². The van der Waals surface area contributed by atoms with E-state index in [1.54, 1.807) is 0 Å². The predicted octanol–water partition coefficient (Wildman–Crippen LogP) is 3.11. The maximum atomic E-state index is 11.5. The zero-order valence-corrected chi connectivity index (χ0v) is 11.7. The van der Waals surface area contributed by atoms with Crippen molar-refractivity contribution in [1.29, 1.82) is 0 Å². The molecule has 104 valence electrons. The fraction of sp³-hybridized carbons (Fsp3) is 0.933. The molecule has 0 heterocycles. The molecule has 0 amide bonds. The van der Waals surface area contributed by atoms with Crippen LogP contribution in [0, 0.1) is 5.92 Å². The lowest BCUT2D eigenvalue weighted by atomic mass is 9.84. The van der Waals surface area contributed by atoms with Crippen molar-refractivity contribution in [3.63, 3.8) is 0 Å². The molecule has 0 N–H and O–H groups in total. The van der Waals surface area contributed by atoms with E-state index in [0.717, 1.165) is 18.8 Å². The van der Waals surface area contributed by atoms with Crippen LogP contribution in [0.15, 0.2) is 0 Å². The Morgan fingerprint density at radius 3 is 2.78 bits per heavy atom. The molecule has 2 fully saturated rings. The zero-order valence-electron chi connectivity index (χ0n) is 11.7. The van der Waals surface area contributed by atoms with Gasteiger partial charge in [0.1, 0.15) is 6.10 Å². The van der Waals surface area contributed by atoms with Gasteiger partial charge in [-0.15, -0.1) is 0 Å². The number of hydrogen-bond donors (Lipinski definition) is 0. The van der Waals surface area contributed by atoms with Crippen LogP contribution in [0.4, 0.5) is 0 Å². The fourth-order valence-corrected chi connectivity index (χ4v) is 3.02. The lowest BCUT2D eigenvalue weighted by molar-refractivity contribution is -0.177. The van der Waals surface area contributed by atoms with Crippen LogP contribution in [0.3, 0.4) is 0 Å². The minimum atomic E-state index is -0.271. The summed E-state index contributed by atoms with van der Waals surface area (Å²) in [5, 5.41) is 0. The Kier molecular flexibility index (Phi) is 5.19. The molecular weight excluding hydrogens is 228 g/mol. The average molecular weight is 254 g/mol. The molecule has 0 aromatic heterocycles. The molecule has 2 saturated carbocycles. The normalized spacial score (nSPS) is 36.4. The first-order chi connectivity index (χ1) is 8.74. The van der Waals surface area contributed by atoms with Crippen LogP contribution in [0.5, 0.6) is 0 Å². The third-order valence-electron chi connectivity index (χ3n) is 4.24. The molecule has 3 heteroatoms. The Hall–Kier alpha value is -0.410. The number of carbonyl (C=O) groups is 1. The zero-order chi connectivity index (χ0) is 13.0. The first kappa shape index (κ1) is 14.0. The maximum Gasteiger partial charge on any atom is 0.166 e. The van der Waals surface area contributed by atoms with Crippen LogP contribution < -0.4 is 0 Å². The minimum Gasteiger partial charge on any atom is -0.371 e. The SMILES string of the molecule is CCCOC1C(=O)CC1OC1CCCC(CC)C1. The van der Waals surface area contributed by atoms with Crippen molar-refractivity contribution in [3.05, 3.63) is 0 Å². The molecule has 4 atom stereocenters. The summed E-state index contributed by atoms with van der Waals surface area (Å²) in [6, 6.07) is 0. The van der Waals surface area contributed by atoms with Crippen LogP contribution >= 0.6 is 0 Å². The van der Waals surface area contributed by atoms with E-state index < -0.39 is 0 Å². The van der Waals surface area contributed by atoms with Crippen molar-refractivity contribution >= 4 is 5.78 Å². The van der Waals surface area contributed by atoms with E-state index in [1.807, 2.05) is 0 Å². The average Bonchev–Trinajstić information content (AvgIpc) is 2.39. The van der Waals surface area contributed by atoms with Gasteiger partial charge in [0.15, 0.2) is 5.78 Å². The maximum absolute atomic E-state index is 11.5. The van der Waals surface area contributed by atoms with Gasteiger partial charge in [-0.3, -0.25) is 4.79 Å². The van der Waals surface area contributed by atoms with E-state index in [-0.39, 0.29) is 18.0 Å². The summed E-state index contributed by atoms with van der Waals surface area (Å²) >= 11 is 0. The molecule has 2 aliphatic rings. The highest BCUT2D eigenvalue weighted by Gasteiger charge is 2.43. The summed E-state index contributed by atoms with van der Waals surface area (Å²) in [6.07, 6.45) is 7.81. The minimum absolute atomic E-state index is 0.0321. The number of ketones is 1. The molecular formula is C15H26O3. The van der Waals surface area contributed by atoms with Gasteiger partial charge < -0.3 is 9.47 Å². The molecule has 0 spiro atoms. The van der Waals surface area contributed by atoms with E-state index in [4.69, 9.17) is 9.47 Å². The monoisotopic (exact) mass is 254 g/mol. The van der Waals surface area contributed by atoms with Gasteiger partial charge in [-0.25, -0.2) is 0 Å². The van der Waals surface area contributed by atoms with E-state index in [0.29, 0.717) is 19.1 Å². The van der Waals surface area contributed by atoms with Gasteiger partial charge in [0.2, 0.25) is 0 Å². The standard InChI is InChI=1S/C15H26O3/c1-3-8-17-15-13(16)10-14(15)18-12-7-5-6-11(4-2)9-12/h11-12,14-15H,3-10H2,1-2H3. The Bertz CT molecular complexity index is 277. The van der Waals surface area contributed by atoms with Gasteiger partial charge in [-0.2, -0.15) is 0 Å². The molecule has 2 aliphatic carbocycles. The van der Waals surface area contributed by atoms with Gasteiger partial charge in [-0.1, -0.05) is 33.1 Å². The molecule has 2 rings (SSSR count). The largest absolute Gasteiger partial charge is 0.371 e. The summed E-state index contributed by atoms with van der Waals surface area (Å²) in [5.41, 5.74) is 0. The fourth-order valence-electron chi connectivity index (χ4n) is 3.02. The number of Topliss-reactive ketones (excluding diaryl/α,β-unsaturated/α-hetero) is 1. The van der Waals surface area contributed by atoms with Crippen molar-refractivity contribution < 1.29 is 14.3 Å². The van der Waals surface area contributed by atoms with E-state index in [2.05, 4.69) is 13.8 Å². The quantitative estimate of drug-likeness (QED) is 0.730. The predicted molar refractivity (Wildman–Crippen MR) is 70.6 cm³/mol. The second kappa shape index (κ2) is 6.67. The third-order valence-corrected chi connectivity index (χ3v) is 4.24. The molecule has 0 radical (unpaired) electrons. The second-order valence-electron chi connectivity index (χ2n) is 5.70. The lowest BCUT2D eigenvalue weighted by Gasteiger charge is -2.39. The first-order valence-corrected chi connectivity index (χ1v) is 7.54. The highest BCUT2D eigenvalue weighted by molar-refractivity contribution is 5.90. The van der Waals surface area contributed by atoms with Crippen LogP contribution in [0.2, 0.25) is 0 Å². The van der Waals surface area contributed by atoms with Crippen LogP contribution in [-0.2, 0) is 14.3 Å². The molecule has 0 aromatic rings. The van der Waals surface area contributed by atoms with Crippen molar-refractivity contribution in [2.24, 2.45) is 5.92 Å². The van der Waals surface area contributed by atoms with Gasteiger partial charge in [0, 0.05) is 13.0 Å². The Morgan fingerprint density at radius 1 is 1.28 bits per heavy atom. The number of ether oxygens (including phenoxy) is 2. The first-order valence-electron chi connectivity index (χ1n) is 7.54. The third kappa shape index (κ3) is 3.33. The topological polar surface area (TPSA) is 35.5 Å². The van der Waals surface area contributed by atoms with Crippen LogP contribution in [0.1, 0.15) is 58.8 Å². The molecule has 3 nitrogen and oxygen atoms in total. The van der Waals surface area contributed by atoms with Crippen LogP contribution in [0.25, 0.3) is 0 Å². The van der Waals surface area contributed by atoms with Crippen molar-refractivity contribution in [1.82, 2.24) is 0 Å². The number of rotatable bonds is 6. The Labute approximate surface area is 110 Å². The Morgan fingerprint density at radius 2 is 2.11 bits per heavy atom. The van der Waals surface area contributed by atoms with Gasteiger partial charge in [0.05, 0.1) is 12.2 Å². The van der Waals surface area contributed by atoms with Crippen molar-refractivity contribution in [3.8, 4) is 0 Å². The van der Waals surface area contributed by atoms with Gasteiger partial charge in [-0.05, 0) is 25.2 Å². The molecule has 0 aliphatic heterocycles. The smallest absolute Gasteiger partial charge is 0.166 e. The van der Waals surface area contributed by atoms with Crippen LogP contribution in [-0.4, -0.2) is 30.7 Å². The molecule has 4 unspecified atom stereocenters. The summed E-state index contributed by atoms with van der Waals surface area (Å²) in [4.78, 5) is 11.5. The lowest BCUT2D eigenvalue weighted by Crippen LogP contribution is -2.52. The summed E-state index contributed by atoms with van der Waals surface area (Å²) < 4.78 is 11.7. The van der Waals surface area contributed by atoms with Crippen molar-refractivity contribution in [2.75, 3.05) is 6.61 Å². The van der Waals surface area contributed by atoms with Gasteiger partial charge in [0.25, 0.3) is 0 Å². The summed E-state index contributed by atoms with van der Waals surface area (Å²) in [6.45, 7) is 4.98. The summed E-state index contributed by atoms with van der Waals surface area (Å²) in [7, 11) is 0. The highest BCUT2D eigenvalue weighted by Crippen LogP contribution is 2.32. The van der Waals surface area contributed by atoms with E-state index in [1.165, 1.54) is 25.7 Å². The number of hydrogen-bond acceptors (Lipinski definition) is 3. The molecule has 0 aromatic carbocycles. The highest BCUT2D eigenvalue weighted by atomic mass is 16.6. The number of carbonyl (C=O) groups excluding carboxylic acids is 1. The molecule has 0 bridgehead atoms.